The third-order valence-corrected chi connectivity index (χ3v) is 2.89. The minimum atomic E-state index is -2.87. The molecule has 0 unspecified atom stereocenters. The van der Waals surface area contributed by atoms with Crippen LogP contribution in [0.2, 0.25) is 0 Å². The van der Waals surface area contributed by atoms with E-state index in [4.69, 9.17) is 0 Å². The summed E-state index contributed by atoms with van der Waals surface area (Å²) in [7, 11) is 0. The number of hydrogen-bond acceptors (Lipinski definition) is 3. The van der Waals surface area contributed by atoms with Gasteiger partial charge in [-0.2, -0.15) is 8.78 Å². The summed E-state index contributed by atoms with van der Waals surface area (Å²) < 4.78 is 29.0. The summed E-state index contributed by atoms with van der Waals surface area (Å²) in [5, 5.41) is 12.9. The highest BCUT2D eigenvalue weighted by molar-refractivity contribution is 5.57. The Morgan fingerprint density at radius 1 is 1.15 bits per heavy atom. The smallest absolute Gasteiger partial charge is 0.387 e. The lowest BCUT2D eigenvalue weighted by molar-refractivity contribution is -0.0493. The van der Waals surface area contributed by atoms with Crippen LogP contribution in [0.15, 0.2) is 42.5 Å². The Balaban J connectivity index is 2.13. The molecular formula is C15H15F2NO2. The normalized spacial score (nSPS) is 10.6. The van der Waals surface area contributed by atoms with E-state index in [1.807, 2.05) is 6.07 Å². The summed E-state index contributed by atoms with van der Waals surface area (Å²) in [6.07, 6.45) is 0. The summed E-state index contributed by atoms with van der Waals surface area (Å²) in [5.41, 5.74) is 1.91. The van der Waals surface area contributed by atoms with Crippen molar-refractivity contribution >= 4 is 5.69 Å². The largest absolute Gasteiger partial charge is 0.507 e. The Morgan fingerprint density at radius 3 is 2.65 bits per heavy atom. The van der Waals surface area contributed by atoms with Crippen LogP contribution in [-0.4, -0.2) is 11.7 Å². The quantitative estimate of drug-likeness (QED) is 0.871. The average Bonchev–Trinajstić information content (AvgIpc) is 2.41. The van der Waals surface area contributed by atoms with E-state index < -0.39 is 6.61 Å². The molecule has 2 aromatic rings. The van der Waals surface area contributed by atoms with Crippen molar-refractivity contribution < 1.29 is 18.6 Å². The lowest BCUT2D eigenvalue weighted by Gasteiger charge is -2.13. The third-order valence-electron chi connectivity index (χ3n) is 2.89. The molecule has 106 valence electrons. The lowest BCUT2D eigenvalue weighted by Crippen LogP contribution is -2.06. The first kappa shape index (κ1) is 14.1. The van der Waals surface area contributed by atoms with Gasteiger partial charge >= 0.3 is 6.61 Å². The molecule has 0 aromatic heterocycles. The maximum atomic E-state index is 12.3. The first-order chi connectivity index (χ1) is 9.58. The number of aromatic hydroxyl groups is 1. The molecule has 2 rings (SSSR count). The van der Waals surface area contributed by atoms with Crippen molar-refractivity contribution in [3.8, 4) is 11.5 Å². The van der Waals surface area contributed by atoms with Gasteiger partial charge in [0.15, 0.2) is 0 Å². The van der Waals surface area contributed by atoms with Gasteiger partial charge in [-0.3, -0.25) is 0 Å². The molecule has 5 heteroatoms. The number of anilines is 1. The van der Waals surface area contributed by atoms with E-state index in [0.29, 0.717) is 17.8 Å². The van der Waals surface area contributed by atoms with Crippen LogP contribution >= 0.6 is 0 Å². The highest BCUT2D eigenvalue weighted by Crippen LogP contribution is 2.28. The Labute approximate surface area is 115 Å². The predicted molar refractivity (Wildman–Crippen MR) is 73.2 cm³/mol. The van der Waals surface area contributed by atoms with Crippen molar-refractivity contribution in [2.75, 3.05) is 5.32 Å². The SMILES string of the molecule is Cc1cccc(CNc2ccccc2OC(F)F)c1O. The predicted octanol–water partition coefficient (Wildman–Crippen LogP) is 3.91. The first-order valence-corrected chi connectivity index (χ1v) is 6.13. The zero-order valence-corrected chi connectivity index (χ0v) is 10.9. The van der Waals surface area contributed by atoms with Crippen LogP contribution in [-0.2, 0) is 6.54 Å². The van der Waals surface area contributed by atoms with Gasteiger partial charge in [0.1, 0.15) is 11.5 Å². The monoisotopic (exact) mass is 279 g/mol. The number of alkyl halides is 2. The molecule has 0 saturated carbocycles. The average molecular weight is 279 g/mol. The van der Waals surface area contributed by atoms with Crippen LogP contribution in [0.3, 0.4) is 0 Å². The van der Waals surface area contributed by atoms with E-state index in [9.17, 15) is 13.9 Å². The van der Waals surface area contributed by atoms with Crippen molar-refractivity contribution in [3.05, 3.63) is 53.6 Å². The summed E-state index contributed by atoms with van der Waals surface area (Å²) in [6.45, 7) is -0.755. The Bertz CT molecular complexity index is 588. The van der Waals surface area contributed by atoms with Crippen molar-refractivity contribution in [3.63, 3.8) is 0 Å². The number of halogens is 2. The van der Waals surface area contributed by atoms with Crippen LogP contribution in [0, 0.1) is 6.92 Å². The number of aryl methyl sites for hydroxylation is 1. The number of nitrogens with one attached hydrogen (secondary N) is 1. The number of ether oxygens (including phenoxy) is 1. The summed E-state index contributed by atoms with van der Waals surface area (Å²) in [6, 6.07) is 11.8. The summed E-state index contributed by atoms with van der Waals surface area (Å²) in [4.78, 5) is 0. The minimum Gasteiger partial charge on any atom is -0.507 e. The van der Waals surface area contributed by atoms with Crippen LogP contribution in [0.5, 0.6) is 11.5 Å². The van der Waals surface area contributed by atoms with Gasteiger partial charge in [-0.05, 0) is 24.6 Å². The van der Waals surface area contributed by atoms with Gasteiger partial charge < -0.3 is 15.2 Å². The van der Waals surface area contributed by atoms with Crippen molar-refractivity contribution in [1.29, 1.82) is 0 Å². The molecule has 0 saturated heterocycles. The van der Waals surface area contributed by atoms with Crippen molar-refractivity contribution in [2.24, 2.45) is 0 Å². The minimum absolute atomic E-state index is 0.0784. The molecule has 3 nitrogen and oxygen atoms in total. The molecule has 0 radical (unpaired) electrons. The highest BCUT2D eigenvalue weighted by atomic mass is 19.3. The van der Waals surface area contributed by atoms with Crippen molar-refractivity contribution in [1.82, 2.24) is 0 Å². The molecule has 0 bridgehead atoms. The summed E-state index contributed by atoms with van der Waals surface area (Å²) >= 11 is 0. The van der Waals surface area contributed by atoms with Crippen LogP contribution in [0.4, 0.5) is 14.5 Å². The second-order valence-corrected chi connectivity index (χ2v) is 4.31. The molecule has 20 heavy (non-hydrogen) atoms. The van der Waals surface area contributed by atoms with Gasteiger partial charge in [0, 0.05) is 12.1 Å². The second kappa shape index (κ2) is 6.23. The van der Waals surface area contributed by atoms with Gasteiger partial charge in [-0.1, -0.05) is 30.3 Å². The van der Waals surface area contributed by atoms with Crippen LogP contribution in [0.25, 0.3) is 0 Å². The topological polar surface area (TPSA) is 41.5 Å². The number of phenolic OH excluding ortho intramolecular Hbond substituents is 1. The molecule has 0 aliphatic heterocycles. The molecule has 0 fully saturated rings. The second-order valence-electron chi connectivity index (χ2n) is 4.31. The lowest BCUT2D eigenvalue weighted by atomic mass is 10.1. The van der Waals surface area contributed by atoms with Gasteiger partial charge in [0.2, 0.25) is 0 Å². The molecule has 2 aromatic carbocycles. The van der Waals surface area contributed by atoms with Gasteiger partial charge in [-0.15, -0.1) is 0 Å². The van der Waals surface area contributed by atoms with Crippen molar-refractivity contribution in [2.45, 2.75) is 20.1 Å². The molecule has 0 aliphatic carbocycles. The van der Waals surface area contributed by atoms with Gasteiger partial charge in [0.25, 0.3) is 0 Å². The van der Waals surface area contributed by atoms with E-state index in [1.54, 1.807) is 37.3 Å². The number of para-hydroxylation sites is 3. The summed E-state index contributed by atoms with van der Waals surface area (Å²) in [5.74, 6) is 0.280. The molecule has 0 amide bonds. The maximum Gasteiger partial charge on any atom is 0.387 e. The Kier molecular flexibility index (Phi) is 4.40. The van der Waals surface area contributed by atoms with E-state index in [1.165, 1.54) is 6.07 Å². The number of rotatable bonds is 5. The fourth-order valence-electron chi connectivity index (χ4n) is 1.86. The maximum absolute atomic E-state index is 12.3. The molecule has 0 aliphatic rings. The standard InChI is InChI=1S/C15H15F2NO2/c1-10-5-4-6-11(14(10)19)9-18-12-7-2-3-8-13(12)20-15(16)17/h2-8,15,18-19H,9H2,1H3. The molecule has 2 N–H and O–H groups in total. The number of benzene rings is 2. The number of phenols is 1. The zero-order chi connectivity index (χ0) is 14.5. The highest BCUT2D eigenvalue weighted by Gasteiger charge is 2.09. The Morgan fingerprint density at radius 2 is 1.90 bits per heavy atom. The van der Waals surface area contributed by atoms with E-state index in [-0.39, 0.29) is 11.5 Å². The molecule has 0 heterocycles. The van der Waals surface area contributed by atoms with E-state index in [2.05, 4.69) is 10.1 Å². The van der Waals surface area contributed by atoms with E-state index >= 15 is 0 Å². The molecular weight excluding hydrogens is 264 g/mol. The van der Waals surface area contributed by atoms with Gasteiger partial charge in [0.05, 0.1) is 5.69 Å². The molecule has 0 spiro atoms. The number of hydrogen-bond donors (Lipinski definition) is 2. The first-order valence-electron chi connectivity index (χ1n) is 6.13. The van der Waals surface area contributed by atoms with Gasteiger partial charge in [-0.25, -0.2) is 0 Å². The fourth-order valence-corrected chi connectivity index (χ4v) is 1.86. The third kappa shape index (κ3) is 3.38. The van der Waals surface area contributed by atoms with Crippen LogP contribution in [0.1, 0.15) is 11.1 Å². The zero-order valence-electron chi connectivity index (χ0n) is 10.9. The Hall–Kier alpha value is -2.30. The fraction of sp³-hybridized carbons (Fsp3) is 0.200. The molecule has 0 atom stereocenters. The van der Waals surface area contributed by atoms with Crippen LogP contribution < -0.4 is 10.1 Å². The van der Waals surface area contributed by atoms with E-state index in [0.717, 1.165) is 5.56 Å².